The third-order valence-electron chi connectivity index (χ3n) is 7.61. The van der Waals surface area contributed by atoms with Crippen LogP contribution in [0.1, 0.15) is 53.1 Å². The van der Waals surface area contributed by atoms with E-state index in [1.807, 2.05) is 25.1 Å². The number of aryl methyl sites for hydroxylation is 1. The SMILES string of the molecule is COc1cc(C)[nH]c(=O)c1CNC(=O)c1c(C)n(C(C)C2CCN(C)C(CO)C2)c2ccccc12. The van der Waals surface area contributed by atoms with Crippen LogP contribution in [0.15, 0.2) is 35.1 Å². The van der Waals surface area contributed by atoms with Gasteiger partial charge in [0.15, 0.2) is 0 Å². The summed E-state index contributed by atoms with van der Waals surface area (Å²) >= 11 is 0. The normalized spacial score (nSPS) is 19.6. The lowest BCUT2D eigenvalue weighted by atomic mass is 9.86. The highest BCUT2D eigenvalue weighted by Crippen LogP contribution is 2.37. The molecule has 3 aromatic rings. The molecule has 35 heavy (non-hydrogen) atoms. The molecule has 3 unspecified atom stereocenters. The van der Waals surface area contributed by atoms with Crippen molar-refractivity contribution in [3.05, 3.63) is 63.2 Å². The van der Waals surface area contributed by atoms with E-state index in [2.05, 4.69) is 39.8 Å². The van der Waals surface area contributed by atoms with Crippen LogP contribution in [0, 0.1) is 19.8 Å². The van der Waals surface area contributed by atoms with Crippen LogP contribution in [0.5, 0.6) is 5.75 Å². The average molecular weight is 481 g/mol. The number of likely N-dealkylation sites (tertiary alicyclic amines) is 1. The summed E-state index contributed by atoms with van der Waals surface area (Å²) in [6.07, 6.45) is 1.95. The fourth-order valence-corrected chi connectivity index (χ4v) is 5.56. The second-order valence-electron chi connectivity index (χ2n) is 9.70. The van der Waals surface area contributed by atoms with E-state index in [1.165, 1.54) is 7.11 Å². The molecule has 8 nitrogen and oxygen atoms in total. The Morgan fingerprint density at radius 1 is 1.31 bits per heavy atom. The van der Waals surface area contributed by atoms with Gasteiger partial charge in [0.2, 0.25) is 0 Å². The fourth-order valence-electron chi connectivity index (χ4n) is 5.56. The monoisotopic (exact) mass is 480 g/mol. The molecule has 0 aliphatic carbocycles. The van der Waals surface area contributed by atoms with Gasteiger partial charge < -0.3 is 29.6 Å². The molecule has 8 heteroatoms. The summed E-state index contributed by atoms with van der Waals surface area (Å²) in [4.78, 5) is 30.9. The van der Waals surface area contributed by atoms with Crippen molar-refractivity contribution in [1.82, 2.24) is 19.8 Å². The highest BCUT2D eigenvalue weighted by molar-refractivity contribution is 6.08. The standard InChI is InChI=1S/C27H36N4O4/c1-16-12-24(35-5)22(26(33)29-16)14-28-27(34)25-18(3)31(23-9-7-6-8-21(23)25)17(2)19-10-11-30(4)20(13-19)15-32/h6-9,12,17,19-20,32H,10-11,13-15H2,1-5H3,(H,28,34)(H,29,33). The van der Waals surface area contributed by atoms with E-state index < -0.39 is 0 Å². The number of nitrogens with zero attached hydrogens (tertiary/aromatic N) is 2. The van der Waals surface area contributed by atoms with Crippen LogP contribution >= 0.6 is 0 Å². The number of aliphatic hydroxyl groups is 1. The van der Waals surface area contributed by atoms with Crippen molar-refractivity contribution in [3.63, 3.8) is 0 Å². The van der Waals surface area contributed by atoms with Crippen LogP contribution < -0.4 is 15.6 Å². The number of likely N-dealkylation sites (N-methyl/N-ethyl adjacent to an activating group) is 1. The Bertz CT molecular complexity index is 1280. The third-order valence-corrected chi connectivity index (χ3v) is 7.61. The van der Waals surface area contributed by atoms with Gasteiger partial charge in [0.05, 0.1) is 31.4 Å². The fraction of sp³-hybridized carbons (Fsp3) is 0.481. The topological polar surface area (TPSA) is 99.6 Å². The number of ether oxygens (including phenoxy) is 1. The lowest BCUT2D eigenvalue weighted by molar-refractivity contribution is 0.0715. The van der Waals surface area contributed by atoms with Gasteiger partial charge in [-0.3, -0.25) is 9.59 Å². The zero-order chi connectivity index (χ0) is 25.3. The molecule has 0 radical (unpaired) electrons. The Labute approximate surface area is 205 Å². The van der Waals surface area contributed by atoms with Crippen LogP contribution in [0.2, 0.25) is 0 Å². The van der Waals surface area contributed by atoms with Gasteiger partial charge >= 0.3 is 0 Å². The maximum absolute atomic E-state index is 13.5. The molecule has 188 valence electrons. The predicted molar refractivity (Wildman–Crippen MR) is 137 cm³/mol. The molecule has 1 aliphatic heterocycles. The van der Waals surface area contributed by atoms with Crippen molar-refractivity contribution in [1.29, 1.82) is 0 Å². The van der Waals surface area contributed by atoms with Gasteiger partial charge in [-0.15, -0.1) is 0 Å². The summed E-state index contributed by atoms with van der Waals surface area (Å²) in [5.74, 6) is 0.632. The summed E-state index contributed by atoms with van der Waals surface area (Å²) in [6.45, 7) is 7.16. The molecule has 0 spiro atoms. The molecule has 0 saturated carbocycles. The maximum atomic E-state index is 13.5. The van der Waals surface area contributed by atoms with Crippen LogP contribution in [0.3, 0.4) is 0 Å². The van der Waals surface area contributed by atoms with Crippen molar-refractivity contribution in [2.24, 2.45) is 5.92 Å². The van der Waals surface area contributed by atoms with E-state index in [1.54, 1.807) is 13.0 Å². The smallest absolute Gasteiger partial charge is 0.256 e. The number of H-pyrrole nitrogens is 1. The van der Waals surface area contributed by atoms with E-state index in [9.17, 15) is 14.7 Å². The number of aromatic amines is 1. The first-order valence-electron chi connectivity index (χ1n) is 12.2. The van der Waals surface area contributed by atoms with Gasteiger partial charge in [-0.2, -0.15) is 0 Å². The molecule has 3 atom stereocenters. The number of rotatable bonds is 7. The number of carbonyl (C=O) groups is 1. The Kier molecular flexibility index (Phi) is 7.33. The van der Waals surface area contributed by atoms with Gasteiger partial charge in [0.1, 0.15) is 5.75 Å². The largest absolute Gasteiger partial charge is 0.496 e. The second kappa shape index (κ2) is 10.3. The summed E-state index contributed by atoms with van der Waals surface area (Å²) in [5.41, 5.74) is 3.38. The molecule has 3 N–H and O–H groups in total. The molecule has 1 aliphatic rings. The van der Waals surface area contributed by atoms with Crippen LogP contribution in [0.4, 0.5) is 0 Å². The van der Waals surface area contributed by atoms with Crippen molar-refractivity contribution >= 4 is 16.8 Å². The Balaban J connectivity index is 1.65. The van der Waals surface area contributed by atoms with Crippen molar-refractivity contribution in [2.75, 3.05) is 27.3 Å². The number of amides is 1. The minimum Gasteiger partial charge on any atom is -0.496 e. The first-order chi connectivity index (χ1) is 16.8. The molecule has 2 aromatic heterocycles. The minimum absolute atomic E-state index is 0.0687. The predicted octanol–water partition coefficient (Wildman–Crippen LogP) is 3.15. The summed E-state index contributed by atoms with van der Waals surface area (Å²) < 4.78 is 7.64. The van der Waals surface area contributed by atoms with E-state index in [0.717, 1.165) is 36.0 Å². The Hall–Kier alpha value is -3.10. The van der Waals surface area contributed by atoms with Crippen molar-refractivity contribution in [2.45, 2.75) is 52.2 Å². The summed E-state index contributed by atoms with van der Waals surface area (Å²) in [7, 11) is 3.58. The van der Waals surface area contributed by atoms with Crippen LogP contribution in [0.25, 0.3) is 10.9 Å². The number of piperidine rings is 1. The minimum atomic E-state index is -0.268. The average Bonchev–Trinajstić information content (AvgIpc) is 3.14. The molecular weight excluding hydrogens is 444 g/mol. The number of nitrogens with one attached hydrogen (secondary N) is 2. The Morgan fingerprint density at radius 3 is 2.77 bits per heavy atom. The molecule has 3 heterocycles. The number of hydrogen-bond donors (Lipinski definition) is 3. The Morgan fingerprint density at radius 2 is 2.06 bits per heavy atom. The highest BCUT2D eigenvalue weighted by Gasteiger charge is 2.32. The number of aromatic nitrogens is 2. The number of para-hydroxylation sites is 1. The number of methoxy groups -OCH3 is 1. The van der Waals surface area contributed by atoms with Crippen molar-refractivity contribution in [3.8, 4) is 5.75 Å². The maximum Gasteiger partial charge on any atom is 0.256 e. The second-order valence-corrected chi connectivity index (χ2v) is 9.70. The van der Waals surface area contributed by atoms with Gasteiger partial charge in [0, 0.05) is 34.4 Å². The third kappa shape index (κ3) is 4.73. The zero-order valence-corrected chi connectivity index (χ0v) is 21.2. The number of hydrogen-bond acceptors (Lipinski definition) is 5. The number of benzene rings is 1. The molecule has 1 saturated heterocycles. The molecule has 1 amide bonds. The highest BCUT2D eigenvalue weighted by atomic mass is 16.5. The zero-order valence-electron chi connectivity index (χ0n) is 21.2. The lowest BCUT2D eigenvalue weighted by Crippen LogP contribution is -2.43. The summed E-state index contributed by atoms with van der Waals surface area (Å²) in [6, 6.07) is 10.1. The number of fused-ring (bicyclic) bond motifs is 1. The van der Waals surface area contributed by atoms with E-state index >= 15 is 0 Å². The van der Waals surface area contributed by atoms with E-state index in [-0.39, 0.29) is 36.7 Å². The molecule has 1 fully saturated rings. The summed E-state index contributed by atoms with van der Waals surface area (Å²) in [5, 5.41) is 13.7. The molecule has 0 bridgehead atoms. The molecular formula is C27H36N4O4. The van der Waals surface area contributed by atoms with Gasteiger partial charge in [-0.1, -0.05) is 18.2 Å². The lowest BCUT2D eigenvalue weighted by Gasteiger charge is -2.39. The van der Waals surface area contributed by atoms with Gasteiger partial charge in [0.25, 0.3) is 11.5 Å². The molecule has 1 aromatic carbocycles. The van der Waals surface area contributed by atoms with Gasteiger partial charge in [-0.25, -0.2) is 0 Å². The number of aliphatic hydroxyl groups excluding tert-OH is 1. The van der Waals surface area contributed by atoms with Crippen LogP contribution in [-0.2, 0) is 6.54 Å². The van der Waals surface area contributed by atoms with Crippen LogP contribution in [-0.4, -0.2) is 58.8 Å². The van der Waals surface area contributed by atoms with E-state index in [4.69, 9.17) is 4.74 Å². The van der Waals surface area contributed by atoms with Gasteiger partial charge in [-0.05, 0) is 65.3 Å². The quantitative estimate of drug-likeness (QED) is 0.483. The first kappa shape index (κ1) is 25.0. The number of pyridine rings is 1. The van der Waals surface area contributed by atoms with E-state index in [0.29, 0.717) is 28.5 Å². The first-order valence-corrected chi connectivity index (χ1v) is 12.2. The molecule has 4 rings (SSSR count). The number of carbonyl (C=O) groups excluding carboxylic acids is 1. The van der Waals surface area contributed by atoms with Crippen molar-refractivity contribution < 1.29 is 14.6 Å².